The minimum Gasteiger partial charge on any atom is -0.203 e. The monoisotopic (exact) mass is 474 g/mol. The zero-order valence-corrected chi connectivity index (χ0v) is 18.0. The summed E-state index contributed by atoms with van der Waals surface area (Å²) in [5, 5.41) is 0. The SMILES string of the molecule is CC(C)c1c(F)c(F)c(SCCSc2c(F)c(F)c(C(C)C)c(F)c2F)c(F)c1F. The highest BCUT2D eigenvalue weighted by molar-refractivity contribution is 8.03. The Morgan fingerprint density at radius 3 is 0.900 bits per heavy atom. The van der Waals surface area contributed by atoms with E-state index in [9.17, 15) is 35.1 Å². The summed E-state index contributed by atoms with van der Waals surface area (Å²) in [6, 6.07) is 0. The van der Waals surface area contributed by atoms with Crippen LogP contribution in [0.5, 0.6) is 0 Å². The van der Waals surface area contributed by atoms with E-state index in [1.807, 2.05) is 0 Å². The number of benzene rings is 2. The van der Waals surface area contributed by atoms with Crippen LogP contribution < -0.4 is 0 Å². The first-order valence-corrected chi connectivity index (χ1v) is 10.9. The third kappa shape index (κ3) is 4.59. The molecule has 0 radical (unpaired) electrons. The number of rotatable bonds is 7. The number of hydrogen-bond acceptors (Lipinski definition) is 2. The molecule has 2 rings (SSSR count). The van der Waals surface area contributed by atoms with Gasteiger partial charge in [0, 0.05) is 22.6 Å². The largest absolute Gasteiger partial charge is 0.203 e. The summed E-state index contributed by atoms with van der Waals surface area (Å²) in [7, 11) is 0. The van der Waals surface area contributed by atoms with Gasteiger partial charge >= 0.3 is 0 Å². The zero-order chi connectivity index (χ0) is 22.9. The molecule has 2 aromatic rings. The molecule has 0 heterocycles. The van der Waals surface area contributed by atoms with Gasteiger partial charge < -0.3 is 0 Å². The van der Waals surface area contributed by atoms with E-state index < -0.39 is 79.3 Å². The van der Waals surface area contributed by atoms with Crippen LogP contribution in [0.25, 0.3) is 0 Å². The second-order valence-corrected chi connectivity index (χ2v) is 9.21. The fraction of sp³-hybridized carbons (Fsp3) is 0.400. The highest BCUT2D eigenvalue weighted by atomic mass is 32.2. The molecule has 30 heavy (non-hydrogen) atoms. The fourth-order valence-electron chi connectivity index (χ4n) is 2.81. The van der Waals surface area contributed by atoms with Crippen molar-refractivity contribution in [2.24, 2.45) is 0 Å². The summed E-state index contributed by atoms with van der Waals surface area (Å²) in [5.41, 5.74) is -1.44. The van der Waals surface area contributed by atoms with Gasteiger partial charge in [-0.25, -0.2) is 35.1 Å². The second kappa shape index (κ2) is 9.80. The lowest BCUT2D eigenvalue weighted by atomic mass is 10.0. The molecule has 0 amide bonds. The molecular weight excluding hydrogens is 456 g/mol. The van der Waals surface area contributed by atoms with Crippen molar-refractivity contribution in [1.82, 2.24) is 0 Å². The van der Waals surface area contributed by atoms with E-state index in [2.05, 4.69) is 0 Å². The molecule has 0 saturated carbocycles. The third-order valence-electron chi connectivity index (χ3n) is 4.24. The quantitative estimate of drug-likeness (QED) is 0.173. The molecule has 0 spiro atoms. The maximum Gasteiger partial charge on any atom is 0.175 e. The minimum atomic E-state index is -1.57. The van der Waals surface area contributed by atoms with Crippen LogP contribution in [0, 0.1) is 46.5 Å². The van der Waals surface area contributed by atoms with Gasteiger partial charge in [0.25, 0.3) is 0 Å². The van der Waals surface area contributed by atoms with E-state index >= 15 is 0 Å². The van der Waals surface area contributed by atoms with E-state index in [1.54, 1.807) is 0 Å². The van der Waals surface area contributed by atoms with Crippen molar-refractivity contribution in [3.63, 3.8) is 0 Å². The molecule has 10 heteroatoms. The van der Waals surface area contributed by atoms with Gasteiger partial charge in [0.1, 0.15) is 0 Å². The van der Waals surface area contributed by atoms with Gasteiger partial charge in [-0.2, -0.15) is 0 Å². The predicted molar refractivity (Wildman–Crippen MR) is 102 cm³/mol. The average molecular weight is 474 g/mol. The molecule has 0 bridgehead atoms. The summed E-state index contributed by atoms with van der Waals surface area (Å²) in [6.45, 7) is 5.48. The van der Waals surface area contributed by atoms with Gasteiger partial charge in [-0.1, -0.05) is 27.7 Å². The highest BCUT2D eigenvalue weighted by Crippen LogP contribution is 2.37. The maximum atomic E-state index is 14.1. The molecule has 2 aromatic carbocycles. The smallest absolute Gasteiger partial charge is 0.175 e. The van der Waals surface area contributed by atoms with Crippen LogP contribution in [0.3, 0.4) is 0 Å². The summed E-state index contributed by atoms with van der Waals surface area (Å²) < 4.78 is 113. The van der Waals surface area contributed by atoms with E-state index in [4.69, 9.17) is 0 Å². The van der Waals surface area contributed by atoms with Crippen LogP contribution in [-0.2, 0) is 0 Å². The molecule has 0 unspecified atom stereocenters. The van der Waals surface area contributed by atoms with Gasteiger partial charge in [0.2, 0.25) is 0 Å². The van der Waals surface area contributed by atoms with Crippen molar-refractivity contribution in [2.75, 3.05) is 11.5 Å². The molecule has 0 nitrogen and oxygen atoms in total. The topological polar surface area (TPSA) is 0 Å². The Morgan fingerprint density at radius 1 is 0.467 bits per heavy atom. The molecule has 0 saturated heterocycles. The Morgan fingerprint density at radius 2 is 0.700 bits per heavy atom. The first-order valence-electron chi connectivity index (χ1n) is 8.88. The summed E-state index contributed by atoms with van der Waals surface area (Å²) >= 11 is 0.773. The number of thioether (sulfide) groups is 2. The molecular formula is C20H18F8S2. The van der Waals surface area contributed by atoms with Crippen LogP contribution in [0.1, 0.15) is 50.7 Å². The fourth-order valence-corrected chi connectivity index (χ4v) is 4.75. The van der Waals surface area contributed by atoms with Crippen molar-refractivity contribution in [1.29, 1.82) is 0 Å². The lowest BCUT2D eigenvalue weighted by molar-refractivity contribution is 0.407. The van der Waals surface area contributed by atoms with Crippen molar-refractivity contribution < 1.29 is 35.1 Å². The van der Waals surface area contributed by atoms with Crippen LogP contribution in [0.2, 0.25) is 0 Å². The van der Waals surface area contributed by atoms with E-state index in [1.165, 1.54) is 27.7 Å². The Labute approximate surface area is 177 Å². The van der Waals surface area contributed by atoms with E-state index in [0.29, 0.717) is 23.5 Å². The van der Waals surface area contributed by atoms with Crippen LogP contribution in [-0.4, -0.2) is 11.5 Å². The van der Waals surface area contributed by atoms with Crippen LogP contribution in [0.15, 0.2) is 9.79 Å². The first kappa shape index (κ1) is 24.8. The molecule has 166 valence electrons. The van der Waals surface area contributed by atoms with Crippen molar-refractivity contribution in [2.45, 2.75) is 49.3 Å². The minimum absolute atomic E-state index is 0.244. The molecule has 0 aliphatic heterocycles. The van der Waals surface area contributed by atoms with Gasteiger partial charge in [0.15, 0.2) is 46.5 Å². The lowest BCUT2D eigenvalue weighted by Crippen LogP contribution is -2.08. The summed E-state index contributed by atoms with van der Waals surface area (Å²) in [5.74, 6) is -14.4. The lowest BCUT2D eigenvalue weighted by Gasteiger charge is -2.15. The second-order valence-electron chi connectivity index (χ2n) is 7.00. The Kier molecular flexibility index (Phi) is 8.12. The third-order valence-corrected chi connectivity index (χ3v) is 6.61. The number of hydrogen-bond donors (Lipinski definition) is 0. The van der Waals surface area contributed by atoms with E-state index in [-0.39, 0.29) is 11.5 Å². The molecule has 0 aromatic heterocycles. The maximum absolute atomic E-state index is 14.1. The average Bonchev–Trinajstić information content (AvgIpc) is 2.66. The van der Waals surface area contributed by atoms with Crippen molar-refractivity contribution in [3.8, 4) is 0 Å². The normalized spacial score (nSPS) is 11.8. The highest BCUT2D eigenvalue weighted by Gasteiger charge is 2.28. The van der Waals surface area contributed by atoms with Gasteiger partial charge in [0.05, 0.1) is 9.79 Å². The molecule has 0 aliphatic rings. The summed E-state index contributed by atoms with van der Waals surface area (Å²) in [4.78, 5) is -1.83. The Balaban J connectivity index is 2.21. The predicted octanol–water partition coefficient (Wildman–Crippen LogP) is 7.93. The van der Waals surface area contributed by atoms with E-state index in [0.717, 1.165) is 0 Å². The first-order chi connectivity index (χ1) is 13.9. The summed E-state index contributed by atoms with van der Waals surface area (Å²) in [6.07, 6.45) is 0. The van der Waals surface area contributed by atoms with Gasteiger partial charge in [-0.05, 0) is 11.8 Å². The molecule has 0 aliphatic carbocycles. The Hall–Kier alpha value is -1.42. The van der Waals surface area contributed by atoms with Crippen LogP contribution >= 0.6 is 23.5 Å². The molecule has 0 fully saturated rings. The van der Waals surface area contributed by atoms with Crippen LogP contribution in [0.4, 0.5) is 35.1 Å². The number of halogens is 8. The van der Waals surface area contributed by atoms with Crippen molar-refractivity contribution in [3.05, 3.63) is 57.7 Å². The van der Waals surface area contributed by atoms with Crippen molar-refractivity contribution >= 4 is 23.5 Å². The molecule has 0 atom stereocenters. The zero-order valence-electron chi connectivity index (χ0n) is 16.4. The standard InChI is InChI=1S/C20H18F8S2/c1-7(2)9-11(21)15(25)19(16(26)12(9)22)29-5-6-30-20-17(27)13(23)10(8(3)4)14(24)18(20)28/h7-8H,5-6H2,1-4H3. The van der Waals surface area contributed by atoms with Gasteiger partial charge in [-0.15, -0.1) is 23.5 Å². The Bertz CT molecular complexity index is 821. The van der Waals surface area contributed by atoms with Gasteiger partial charge in [-0.3, -0.25) is 0 Å². The molecule has 0 N–H and O–H groups in total.